The molecule has 2 heterocycles. The topological polar surface area (TPSA) is 112 Å². The van der Waals surface area contributed by atoms with Crippen LogP contribution < -0.4 is 21.7 Å². The number of hydrogen-bond acceptors (Lipinski definition) is 8. The molecule has 8 nitrogen and oxygen atoms in total. The molecule has 0 saturated carbocycles. The summed E-state index contributed by atoms with van der Waals surface area (Å²) in [7, 11) is 1.66. The lowest BCUT2D eigenvalue weighted by Crippen LogP contribution is -2.50. The van der Waals surface area contributed by atoms with Crippen molar-refractivity contribution in [3.05, 3.63) is 19.1 Å². The molecule has 5 N–H and O–H groups in total. The fourth-order valence-electron chi connectivity index (χ4n) is 2.26. The summed E-state index contributed by atoms with van der Waals surface area (Å²) in [5.41, 5.74) is 12.0. The Balaban J connectivity index is 2.05. The third-order valence-corrected chi connectivity index (χ3v) is 3.27. The van der Waals surface area contributed by atoms with Crippen molar-refractivity contribution in [3.63, 3.8) is 0 Å². The van der Waals surface area contributed by atoms with Crippen LogP contribution in [0.2, 0.25) is 0 Å². The van der Waals surface area contributed by atoms with Crippen molar-refractivity contribution in [2.45, 2.75) is 12.2 Å². The first-order valence-electron chi connectivity index (χ1n) is 6.76. The van der Waals surface area contributed by atoms with Crippen LogP contribution >= 0.6 is 0 Å². The molecule has 1 aliphatic rings. The first-order valence-corrected chi connectivity index (χ1v) is 6.76. The van der Waals surface area contributed by atoms with Crippen LogP contribution in [0.3, 0.4) is 0 Å². The molecule has 8 heteroatoms. The largest absolute Gasteiger partial charge is 0.393 e. The van der Waals surface area contributed by atoms with Crippen LogP contribution in [0.25, 0.3) is 0 Å². The average Bonchev–Trinajstić information content (AvgIpc) is 2.49. The Kier molecular flexibility index (Phi) is 5.32. The molecule has 2 atom stereocenters. The molecule has 0 aromatic carbocycles. The fourth-order valence-corrected chi connectivity index (χ4v) is 2.26. The number of morpholine rings is 1. The Morgan fingerprint density at radius 1 is 1.48 bits per heavy atom. The lowest BCUT2D eigenvalue weighted by Gasteiger charge is -2.33. The van der Waals surface area contributed by atoms with Crippen molar-refractivity contribution in [2.75, 3.05) is 49.7 Å². The van der Waals surface area contributed by atoms with Crippen LogP contribution in [0.5, 0.6) is 0 Å². The number of nitrogens with zero attached hydrogens (tertiary/aromatic N) is 3. The highest BCUT2D eigenvalue weighted by Gasteiger charge is 2.24. The summed E-state index contributed by atoms with van der Waals surface area (Å²) in [6, 6.07) is 0. The predicted molar refractivity (Wildman–Crippen MR) is 81.8 cm³/mol. The van der Waals surface area contributed by atoms with Crippen LogP contribution in [-0.4, -0.2) is 55.5 Å². The van der Waals surface area contributed by atoms with E-state index < -0.39 is 0 Å². The molecule has 0 unspecified atom stereocenters. The van der Waals surface area contributed by atoms with Gasteiger partial charge in [-0.25, -0.2) is 9.97 Å². The van der Waals surface area contributed by atoms with E-state index >= 15 is 0 Å². The molecule has 116 valence electrons. The molecule has 0 amide bonds. The number of rotatable bonds is 6. The van der Waals surface area contributed by atoms with E-state index in [-0.39, 0.29) is 18.0 Å². The lowest BCUT2D eigenvalue weighted by molar-refractivity contribution is -0.0638. The summed E-state index contributed by atoms with van der Waals surface area (Å²) in [4.78, 5) is 9.84. The minimum Gasteiger partial charge on any atom is -0.393 e. The van der Waals surface area contributed by atoms with Crippen molar-refractivity contribution in [3.8, 4) is 0 Å². The quantitative estimate of drug-likeness (QED) is 0.649. The van der Waals surface area contributed by atoms with E-state index in [9.17, 15) is 0 Å². The Morgan fingerprint density at radius 3 is 2.95 bits per heavy atom. The van der Waals surface area contributed by atoms with Crippen LogP contribution in [0.1, 0.15) is 0 Å². The van der Waals surface area contributed by atoms with Crippen LogP contribution in [0, 0.1) is 0 Å². The van der Waals surface area contributed by atoms with E-state index in [0.717, 1.165) is 13.1 Å². The summed E-state index contributed by atoms with van der Waals surface area (Å²) >= 11 is 0. The highest BCUT2D eigenvalue weighted by atomic mass is 16.5. The molecule has 1 aromatic rings. The lowest BCUT2D eigenvalue weighted by atomic mass is 10.2. The van der Waals surface area contributed by atoms with Gasteiger partial charge in [-0.1, -0.05) is 6.58 Å². The normalized spacial score (nSPS) is 22.0. The summed E-state index contributed by atoms with van der Waals surface area (Å²) in [6.07, 6.45) is 3.05. The van der Waals surface area contributed by atoms with Crippen LogP contribution in [0.15, 0.2) is 19.1 Å². The minimum absolute atomic E-state index is 0.0208. The number of nitrogens with one attached hydrogen (secondary N) is 1. The maximum atomic E-state index is 5.96. The average molecular weight is 294 g/mol. The molecular weight excluding hydrogens is 272 g/mol. The molecule has 0 radical (unpaired) electrons. The zero-order valence-corrected chi connectivity index (χ0v) is 12.2. The predicted octanol–water partition coefficient (Wildman–Crippen LogP) is -0.406. The molecule has 1 saturated heterocycles. The highest BCUT2D eigenvalue weighted by Crippen LogP contribution is 2.24. The Hall–Kier alpha value is -1.90. The van der Waals surface area contributed by atoms with Crippen molar-refractivity contribution >= 4 is 17.3 Å². The van der Waals surface area contributed by atoms with Gasteiger partial charge in [0.2, 0.25) is 0 Å². The number of methoxy groups -OCH3 is 1. The SMILES string of the molecule is C=CN(C[C@H]1CNC[C@@H](COC)O1)c1ncnc(N)c1N. The molecule has 1 aliphatic heterocycles. The second-order valence-corrected chi connectivity index (χ2v) is 4.82. The van der Waals surface area contributed by atoms with Crippen molar-refractivity contribution < 1.29 is 9.47 Å². The monoisotopic (exact) mass is 294 g/mol. The second-order valence-electron chi connectivity index (χ2n) is 4.82. The molecule has 1 aromatic heterocycles. The van der Waals surface area contributed by atoms with E-state index in [1.54, 1.807) is 13.3 Å². The van der Waals surface area contributed by atoms with Gasteiger partial charge in [0.1, 0.15) is 12.0 Å². The molecule has 0 aliphatic carbocycles. The molecule has 21 heavy (non-hydrogen) atoms. The van der Waals surface area contributed by atoms with Gasteiger partial charge >= 0.3 is 0 Å². The van der Waals surface area contributed by atoms with Gasteiger partial charge in [0.05, 0.1) is 25.4 Å². The Morgan fingerprint density at radius 2 is 2.24 bits per heavy atom. The van der Waals surface area contributed by atoms with E-state index in [1.165, 1.54) is 6.33 Å². The van der Waals surface area contributed by atoms with Gasteiger partial charge in [-0.05, 0) is 6.20 Å². The standard InChI is InChI=1S/C13H22N6O2/c1-3-19(13-11(14)12(15)17-8-18-13)6-9-4-16-5-10(21-9)7-20-2/h3,8-10,16H,1,4-7,14H2,2H3,(H2,15,17,18)/t9-,10+/m1/s1. The van der Waals surface area contributed by atoms with Gasteiger partial charge in [0.15, 0.2) is 11.6 Å². The third kappa shape index (κ3) is 3.81. The number of nitrogens with two attached hydrogens (primary N) is 2. The number of nitrogen functional groups attached to an aromatic ring is 2. The summed E-state index contributed by atoms with van der Waals surface area (Å²) in [5, 5.41) is 3.32. The number of ether oxygens (including phenoxy) is 2. The molecule has 2 rings (SSSR count). The van der Waals surface area contributed by atoms with Gasteiger partial charge in [0, 0.05) is 20.2 Å². The minimum atomic E-state index is -0.0208. The van der Waals surface area contributed by atoms with E-state index in [0.29, 0.717) is 24.7 Å². The van der Waals surface area contributed by atoms with E-state index in [1.807, 2.05) is 4.90 Å². The first kappa shape index (κ1) is 15.5. The number of anilines is 3. The van der Waals surface area contributed by atoms with Gasteiger partial charge in [0.25, 0.3) is 0 Å². The molecular formula is C13H22N6O2. The van der Waals surface area contributed by atoms with Crippen LogP contribution in [-0.2, 0) is 9.47 Å². The first-order chi connectivity index (χ1) is 10.2. The highest BCUT2D eigenvalue weighted by molar-refractivity contribution is 5.73. The van der Waals surface area contributed by atoms with Gasteiger partial charge in [-0.3, -0.25) is 0 Å². The second kappa shape index (κ2) is 7.21. The smallest absolute Gasteiger partial charge is 0.161 e. The van der Waals surface area contributed by atoms with E-state index in [4.69, 9.17) is 20.9 Å². The maximum absolute atomic E-state index is 5.96. The fraction of sp³-hybridized carbons (Fsp3) is 0.538. The number of hydrogen-bond donors (Lipinski definition) is 3. The van der Waals surface area contributed by atoms with Gasteiger partial charge in [-0.15, -0.1) is 0 Å². The van der Waals surface area contributed by atoms with Gasteiger partial charge in [-0.2, -0.15) is 0 Å². The molecule has 0 bridgehead atoms. The zero-order chi connectivity index (χ0) is 15.2. The summed E-state index contributed by atoms with van der Waals surface area (Å²) < 4.78 is 11.1. The number of aromatic nitrogens is 2. The van der Waals surface area contributed by atoms with Crippen molar-refractivity contribution in [2.24, 2.45) is 0 Å². The van der Waals surface area contributed by atoms with Crippen LogP contribution in [0.4, 0.5) is 17.3 Å². The Bertz CT molecular complexity index is 482. The Labute approximate surface area is 124 Å². The van der Waals surface area contributed by atoms with E-state index in [2.05, 4.69) is 21.9 Å². The molecule has 1 fully saturated rings. The maximum Gasteiger partial charge on any atom is 0.161 e. The summed E-state index contributed by atoms with van der Waals surface area (Å²) in [5.74, 6) is 0.793. The van der Waals surface area contributed by atoms with Gasteiger partial charge < -0.3 is 31.2 Å². The summed E-state index contributed by atoms with van der Waals surface area (Å²) in [6.45, 7) is 6.44. The van der Waals surface area contributed by atoms with Crippen molar-refractivity contribution in [1.29, 1.82) is 0 Å². The van der Waals surface area contributed by atoms with Crippen molar-refractivity contribution in [1.82, 2.24) is 15.3 Å². The zero-order valence-electron chi connectivity index (χ0n) is 12.2. The molecule has 0 spiro atoms. The third-order valence-electron chi connectivity index (χ3n) is 3.27.